The molecule has 0 radical (unpaired) electrons. The summed E-state index contributed by atoms with van der Waals surface area (Å²) in [6.45, 7) is 7.09. The lowest BCUT2D eigenvalue weighted by Crippen LogP contribution is -2.55. The van der Waals surface area contributed by atoms with Gasteiger partial charge in [-0.25, -0.2) is 19.6 Å². The van der Waals surface area contributed by atoms with Crippen molar-refractivity contribution in [2.45, 2.75) is 64.1 Å². The average Bonchev–Trinajstić information content (AvgIpc) is 3.31. The molecule has 6 N–H and O–H groups in total. The number of halogens is 2. The Hall–Kier alpha value is -3.25. The van der Waals surface area contributed by atoms with Gasteiger partial charge in [-0.15, -0.1) is 0 Å². The first kappa shape index (κ1) is 24.9. The largest absolute Gasteiger partial charge is 0.497 e. The molecule has 1 aromatic heterocycles. The number of hydrogen-bond acceptors (Lipinski definition) is 9. The first-order chi connectivity index (χ1) is 16.6. The number of ether oxygens (including phenoxy) is 1. The van der Waals surface area contributed by atoms with Crippen LogP contribution in [0, 0.1) is 11.6 Å². The van der Waals surface area contributed by atoms with E-state index < -0.39 is 11.6 Å². The van der Waals surface area contributed by atoms with Crippen LogP contribution >= 0.6 is 0 Å². The Bertz CT molecular complexity index is 1110. The highest BCUT2D eigenvalue weighted by Crippen LogP contribution is 2.39. The van der Waals surface area contributed by atoms with Crippen LogP contribution in [0.2, 0.25) is 0 Å². The number of fused-ring (bicyclic) bond motifs is 1. The van der Waals surface area contributed by atoms with Crippen LogP contribution in [-0.4, -0.2) is 52.0 Å². The van der Waals surface area contributed by atoms with Gasteiger partial charge in [0.1, 0.15) is 17.3 Å². The molecule has 2 aliphatic rings. The fourth-order valence-electron chi connectivity index (χ4n) is 5.17. The molecular weight excluding hydrogens is 456 g/mol. The van der Waals surface area contributed by atoms with Crippen molar-refractivity contribution in [3.63, 3.8) is 0 Å². The number of hydrogen-bond donors (Lipinski definition) is 4. The van der Waals surface area contributed by atoms with Crippen molar-refractivity contribution in [2.24, 2.45) is 16.8 Å². The summed E-state index contributed by atoms with van der Waals surface area (Å²) in [5.74, 6) is 10.6. The fraction of sp³-hybridized carbons (Fsp3) is 0.522. The number of rotatable bonds is 6. The average molecular weight is 490 g/mol. The van der Waals surface area contributed by atoms with Crippen LogP contribution in [0.1, 0.15) is 46.5 Å². The smallest absolute Gasteiger partial charge is 0.229 e. The molecule has 4 rings (SSSR count). The SMILES string of the molecule is COc1cc(Nc2ncc(F)c(NC3CC4CCCN4C(C)(C)C3)n2)c(F)c(N(N)/C(C)=N\N)c1. The molecule has 0 bridgehead atoms. The van der Waals surface area contributed by atoms with Gasteiger partial charge in [0.05, 0.1) is 19.0 Å². The van der Waals surface area contributed by atoms with E-state index in [2.05, 4.69) is 44.5 Å². The molecule has 10 nitrogen and oxygen atoms in total. The van der Waals surface area contributed by atoms with E-state index in [0.29, 0.717) is 11.8 Å². The summed E-state index contributed by atoms with van der Waals surface area (Å²) in [6.07, 6.45) is 5.16. The number of amidine groups is 1. The van der Waals surface area contributed by atoms with Crippen molar-refractivity contribution in [3.8, 4) is 5.75 Å². The number of nitrogens with one attached hydrogen (secondary N) is 2. The highest BCUT2D eigenvalue weighted by molar-refractivity contribution is 5.95. The number of piperidine rings is 1. The Morgan fingerprint density at radius 1 is 1.34 bits per heavy atom. The van der Waals surface area contributed by atoms with E-state index in [0.717, 1.165) is 37.0 Å². The minimum absolute atomic E-state index is 0.00224. The maximum absolute atomic E-state index is 15.3. The highest BCUT2D eigenvalue weighted by Gasteiger charge is 2.43. The number of hydrazine groups is 1. The molecule has 0 amide bonds. The van der Waals surface area contributed by atoms with Crippen LogP contribution in [-0.2, 0) is 0 Å². The molecule has 0 aliphatic carbocycles. The van der Waals surface area contributed by atoms with Crippen molar-refractivity contribution in [2.75, 3.05) is 29.3 Å². The van der Waals surface area contributed by atoms with Crippen molar-refractivity contribution in [3.05, 3.63) is 30.0 Å². The lowest BCUT2D eigenvalue weighted by atomic mass is 9.84. The highest BCUT2D eigenvalue weighted by atomic mass is 19.1. The number of benzene rings is 1. The van der Waals surface area contributed by atoms with Gasteiger partial charge in [-0.2, -0.15) is 10.1 Å². The molecule has 0 spiro atoms. The van der Waals surface area contributed by atoms with Crippen LogP contribution in [0.4, 0.5) is 31.9 Å². The molecule has 2 atom stereocenters. The second-order valence-electron chi connectivity index (χ2n) is 9.65. The maximum atomic E-state index is 15.3. The summed E-state index contributed by atoms with van der Waals surface area (Å²) in [5.41, 5.74) is -0.0111. The molecule has 2 fully saturated rings. The Morgan fingerprint density at radius 3 is 2.83 bits per heavy atom. The number of anilines is 4. The summed E-state index contributed by atoms with van der Waals surface area (Å²) in [6, 6.07) is 3.37. The topological polar surface area (TPSA) is 130 Å². The zero-order chi connectivity index (χ0) is 25.3. The van der Waals surface area contributed by atoms with E-state index in [1.54, 1.807) is 0 Å². The number of nitrogens with two attached hydrogens (primary N) is 2. The summed E-state index contributed by atoms with van der Waals surface area (Å²) in [5, 5.41) is 10.6. The lowest BCUT2D eigenvalue weighted by molar-refractivity contribution is 0.0500. The van der Waals surface area contributed by atoms with Crippen molar-refractivity contribution < 1.29 is 13.5 Å². The number of nitrogens with zero attached hydrogens (tertiary/aromatic N) is 5. The molecule has 12 heteroatoms. The summed E-state index contributed by atoms with van der Waals surface area (Å²) in [7, 11) is 1.44. The third kappa shape index (κ3) is 5.08. The fourth-order valence-corrected chi connectivity index (χ4v) is 5.17. The van der Waals surface area contributed by atoms with E-state index in [1.165, 1.54) is 32.6 Å². The Morgan fingerprint density at radius 2 is 2.11 bits per heavy atom. The molecule has 2 unspecified atom stereocenters. The monoisotopic (exact) mass is 489 g/mol. The number of hydrazone groups is 1. The Labute approximate surface area is 203 Å². The second kappa shape index (κ2) is 9.78. The molecule has 3 heterocycles. The first-order valence-corrected chi connectivity index (χ1v) is 11.6. The van der Waals surface area contributed by atoms with Crippen molar-refractivity contribution in [1.29, 1.82) is 0 Å². The molecule has 190 valence electrons. The molecular formula is C23H33F2N9O. The van der Waals surface area contributed by atoms with Crippen molar-refractivity contribution in [1.82, 2.24) is 14.9 Å². The minimum Gasteiger partial charge on any atom is -0.497 e. The van der Waals surface area contributed by atoms with Gasteiger partial charge in [0.15, 0.2) is 17.5 Å². The number of methoxy groups -OCH3 is 1. The van der Waals surface area contributed by atoms with E-state index in [4.69, 9.17) is 16.4 Å². The summed E-state index contributed by atoms with van der Waals surface area (Å²) in [4.78, 5) is 10.8. The maximum Gasteiger partial charge on any atom is 0.229 e. The Kier molecular flexibility index (Phi) is 6.95. The van der Waals surface area contributed by atoms with E-state index in [1.807, 2.05) is 0 Å². The van der Waals surface area contributed by atoms with E-state index in [9.17, 15) is 4.39 Å². The normalized spacial score (nSPS) is 22.0. The van der Waals surface area contributed by atoms with Gasteiger partial charge in [-0.3, -0.25) is 9.91 Å². The van der Waals surface area contributed by atoms with Crippen LogP contribution in [0.5, 0.6) is 5.75 Å². The zero-order valence-corrected chi connectivity index (χ0v) is 20.5. The van der Waals surface area contributed by atoms with Gasteiger partial charge in [0.2, 0.25) is 5.95 Å². The summed E-state index contributed by atoms with van der Waals surface area (Å²) >= 11 is 0. The predicted molar refractivity (Wildman–Crippen MR) is 133 cm³/mol. The van der Waals surface area contributed by atoms with E-state index >= 15 is 4.39 Å². The molecule has 35 heavy (non-hydrogen) atoms. The van der Waals surface area contributed by atoms with Gasteiger partial charge in [0, 0.05) is 29.8 Å². The van der Waals surface area contributed by atoms with Gasteiger partial charge in [0.25, 0.3) is 0 Å². The van der Waals surface area contributed by atoms with Gasteiger partial charge >= 0.3 is 0 Å². The molecule has 1 aromatic carbocycles. The van der Waals surface area contributed by atoms with Crippen LogP contribution < -0.4 is 32.1 Å². The van der Waals surface area contributed by atoms with Gasteiger partial charge < -0.3 is 21.2 Å². The van der Waals surface area contributed by atoms with Gasteiger partial charge in [-0.05, 0) is 53.0 Å². The van der Waals surface area contributed by atoms with Crippen LogP contribution in [0.25, 0.3) is 0 Å². The molecule has 2 aliphatic heterocycles. The van der Waals surface area contributed by atoms with Crippen LogP contribution in [0.15, 0.2) is 23.4 Å². The Balaban J connectivity index is 1.58. The first-order valence-electron chi connectivity index (χ1n) is 11.6. The zero-order valence-electron chi connectivity index (χ0n) is 20.5. The number of aromatic nitrogens is 2. The summed E-state index contributed by atoms with van der Waals surface area (Å²) < 4.78 is 35.2. The molecule has 0 saturated carbocycles. The quantitative estimate of drug-likeness (QED) is 0.209. The van der Waals surface area contributed by atoms with Gasteiger partial charge in [-0.1, -0.05) is 0 Å². The predicted octanol–water partition coefficient (Wildman–Crippen LogP) is 3.30. The lowest BCUT2D eigenvalue weighted by Gasteiger charge is -2.47. The third-order valence-electron chi connectivity index (χ3n) is 6.85. The minimum atomic E-state index is -0.700. The molecule has 2 saturated heterocycles. The molecule has 2 aromatic rings. The van der Waals surface area contributed by atoms with Crippen molar-refractivity contribution >= 4 is 29.0 Å². The third-order valence-corrected chi connectivity index (χ3v) is 6.85. The standard InChI is InChI=1S/C23H33F2N9O/c1-13(32-26)34(27)19-10-16(35-4)9-18(20(19)25)30-22-28-12-17(24)21(31-22)29-14-8-15-6-5-7-33(15)23(2,3)11-14/h9-10,12,14-15H,5-8,11,26-27H2,1-4H3,(H2,28,29,30,31)/b32-13-. The van der Waals surface area contributed by atoms with Crippen LogP contribution in [0.3, 0.4) is 0 Å². The second-order valence-corrected chi connectivity index (χ2v) is 9.65. The van der Waals surface area contributed by atoms with E-state index in [-0.39, 0.29) is 40.6 Å².